The Morgan fingerprint density at radius 2 is 1.84 bits per heavy atom. The number of morpholine rings is 1. The second-order valence-electron chi connectivity index (χ2n) is 7.18. The van der Waals surface area contributed by atoms with Gasteiger partial charge in [-0.05, 0) is 43.3 Å². The topological polar surface area (TPSA) is 93.5 Å². The number of halogens is 2. The number of nitrogens with zero attached hydrogens (tertiary/aromatic N) is 3. The van der Waals surface area contributed by atoms with E-state index >= 15 is 0 Å². The Kier molecular flexibility index (Phi) is 6.55. The molecule has 1 aliphatic heterocycles. The van der Waals surface area contributed by atoms with Crippen LogP contribution < -0.4 is 5.32 Å². The number of aryl methyl sites for hydroxylation is 1. The summed E-state index contributed by atoms with van der Waals surface area (Å²) < 4.78 is 34.2. The molecule has 0 spiro atoms. The first-order valence-corrected chi connectivity index (χ1v) is 12.0. The number of rotatable bonds is 5. The van der Waals surface area contributed by atoms with Crippen molar-refractivity contribution < 1.29 is 17.9 Å². The second kappa shape index (κ2) is 9.21. The van der Waals surface area contributed by atoms with Crippen LogP contribution in [-0.4, -0.2) is 54.7 Å². The van der Waals surface area contributed by atoms with Gasteiger partial charge in [-0.2, -0.15) is 9.40 Å². The molecule has 168 valence electrons. The number of hydrogen-bond acceptors (Lipinski definition) is 5. The van der Waals surface area contributed by atoms with Gasteiger partial charge < -0.3 is 10.1 Å². The van der Waals surface area contributed by atoms with Crippen LogP contribution in [0.2, 0.25) is 10.0 Å². The lowest BCUT2D eigenvalue weighted by Crippen LogP contribution is -2.40. The minimum absolute atomic E-state index is 0.0489. The summed E-state index contributed by atoms with van der Waals surface area (Å²) in [4.78, 5) is 12.9. The van der Waals surface area contributed by atoms with E-state index in [-0.39, 0.29) is 28.6 Å². The summed E-state index contributed by atoms with van der Waals surface area (Å²) in [6.45, 7) is 2.88. The summed E-state index contributed by atoms with van der Waals surface area (Å²) in [6.07, 6.45) is 0. The Bertz CT molecular complexity index is 1270. The van der Waals surface area contributed by atoms with Gasteiger partial charge in [0.05, 0.1) is 29.6 Å². The Balaban J connectivity index is 1.64. The number of aromatic nitrogens is 2. The van der Waals surface area contributed by atoms with Gasteiger partial charge in [-0.3, -0.25) is 4.79 Å². The lowest BCUT2D eigenvalue weighted by atomic mass is 10.2. The number of anilines is 1. The fraction of sp³-hybridized carbons (Fsp3) is 0.238. The molecule has 1 fully saturated rings. The first-order chi connectivity index (χ1) is 15.3. The lowest BCUT2D eigenvalue weighted by Gasteiger charge is -2.26. The summed E-state index contributed by atoms with van der Waals surface area (Å²) in [5.74, 6) is -0.0782. The van der Waals surface area contributed by atoms with Crippen molar-refractivity contribution in [1.82, 2.24) is 14.1 Å². The zero-order chi connectivity index (χ0) is 22.9. The summed E-state index contributed by atoms with van der Waals surface area (Å²) in [5, 5.41) is 7.78. The van der Waals surface area contributed by atoms with Crippen LogP contribution in [0.25, 0.3) is 5.69 Å². The van der Waals surface area contributed by atoms with Gasteiger partial charge >= 0.3 is 0 Å². The predicted molar refractivity (Wildman–Crippen MR) is 122 cm³/mol. The van der Waals surface area contributed by atoms with E-state index in [1.54, 1.807) is 35.9 Å². The van der Waals surface area contributed by atoms with E-state index in [9.17, 15) is 13.2 Å². The van der Waals surface area contributed by atoms with Crippen LogP contribution in [0.5, 0.6) is 0 Å². The van der Waals surface area contributed by atoms with E-state index in [2.05, 4.69) is 10.4 Å². The van der Waals surface area contributed by atoms with E-state index < -0.39 is 15.9 Å². The number of ether oxygens (including phenoxy) is 1. The van der Waals surface area contributed by atoms with Gasteiger partial charge in [0.2, 0.25) is 10.0 Å². The minimum Gasteiger partial charge on any atom is -0.379 e. The first kappa shape index (κ1) is 22.8. The van der Waals surface area contributed by atoms with Crippen molar-refractivity contribution in [3.8, 4) is 5.69 Å². The Labute approximate surface area is 195 Å². The van der Waals surface area contributed by atoms with Gasteiger partial charge in [-0.25, -0.2) is 13.1 Å². The van der Waals surface area contributed by atoms with Crippen LogP contribution in [0.3, 0.4) is 0 Å². The molecule has 1 aromatic heterocycles. The Hall–Kier alpha value is -2.43. The lowest BCUT2D eigenvalue weighted by molar-refractivity contribution is 0.0730. The van der Waals surface area contributed by atoms with Gasteiger partial charge in [0.25, 0.3) is 5.91 Å². The number of hydrogen-bond donors (Lipinski definition) is 1. The molecule has 0 aliphatic carbocycles. The fourth-order valence-corrected chi connectivity index (χ4v) is 5.44. The predicted octanol–water partition coefficient (Wildman–Crippen LogP) is 3.76. The zero-order valence-electron chi connectivity index (χ0n) is 17.1. The van der Waals surface area contributed by atoms with Crippen molar-refractivity contribution in [3.05, 3.63) is 69.8 Å². The fourth-order valence-electron chi connectivity index (χ4n) is 3.35. The summed E-state index contributed by atoms with van der Waals surface area (Å²) in [5.41, 5.74) is 1.51. The van der Waals surface area contributed by atoms with E-state index in [1.165, 1.54) is 22.5 Å². The molecule has 8 nitrogen and oxygen atoms in total. The third kappa shape index (κ3) is 4.67. The van der Waals surface area contributed by atoms with Crippen LogP contribution in [0.4, 0.5) is 5.82 Å². The normalized spacial score (nSPS) is 15.0. The van der Waals surface area contributed by atoms with Gasteiger partial charge in [0.15, 0.2) is 0 Å². The zero-order valence-corrected chi connectivity index (χ0v) is 19.4. The van der Waals surface area contributed by atoms with Gasteiger partial charge in [-0.1, -0.05) is 29.3 Å². The van der Waals surface area contributed by atoms with Crippen LogP contribution in [0.15, 0.2) is 53.4 Å². The monoisotopic (exact) mass is 494 g/mol. The van der Waals surface area contributed by atoms with E-state index in [4.69, 9.17) is 27.9 Å². The maximum Gasteiger partial charge on any atom is 0.256 e. The maximum atomic E-state index is 13.0. The first-order valence-electron chi connectivity index (χ1n) is 9.77. The summed E-state index contributed by atoms with van der Waals surface area (Å²) >= 11 is 12.3. The smallest absolute Gasteiger partial charge is 0.256 e. The average molecular weight is 495 g/mol. The second-order valence-corrected chi connectivity index (χ2v) is 9.93. The number of nitrogens with one attached hydrogen (secondary N) is 1. The third-order valence-corrected chi connectivity index (χ3v) is 7.52. The van der Waals surface area contributed by atoms with Crippen molar-refractivity contribution in [2.24, 2.45) is 0 Å². The number of benzene rings is 2. The van der Waals surface area contributed by atoms with E-state index in [0.717, 1.165) is 0 Å². The van der Waals surface area contributed by atoms with E-state index in [0.29, 0.717) is 35.4 Å². The highest BCUT2D eigenvalue weighted by Gasteiger charge is 2.29. The molecule has 0 bridgehead atoms. The molecule has 1 N–H and O–H groups in total. The largest absolute Gasteiger partial charge is 0.379 e. The molecular formula is C21H20Cl2N4O4S. The van der Waals surface area contributed by atoms with Crippen molar-refractivity contribution >= 4 is 45.0 Å². The molecule has 2 aromatic carbocycles. The van der Waals surface area contributed by atoms with Gasteiger partial charge in [-0.15, -0.1) is 0 Å². The Morgan fingerprint density at radius 1 is 1.09 bits per heavy atom. The van der Waals surface area contributed by atoms with Crippen LogP contribution in [0.1, 0.15) is 16.1 Å². The molecule has 11 heteroatoms. The Morgan fingerprint density at radius 3 is 2.56 bits per heavy atom. The van der Waals surface area contributed by atoms with Crippen LogP contribution in [-0.2, 0) is 14.8 Å². The number of sulfonamides is 1. The standard InChI is InChI=1S/C21H20Cl2N4O4S/c1-14-11-20(27(25-14)17-4-2-3-16(22)13-17)24-21(28)15-5-6-18(23)19(12-15)32(29,30)26-7-9-31-10-8-26/h2-6,11-13H,7-10H2,1H3,(H,24,28). The van der Waals surface area contributed by atoms with Crippen LogP contribution in [0, 0.1) is 6.92 Å². The van der Waals surface area contributed by atoms with E-state index in [1.807, 2.05) is 6.07 Å². The quantitative estimate of drug-likeness (QED) is 0.582. The molecule has 1 saturated heterocycles. The van der Waals surface area contributed by atoms with Crippen molar-refractivity contribution in [2.75, 3.05) is 31.6 Å². The maximum absolute atomic E-state index is 13.0. The molecule has 32 heavy (non-hydrogen) atoms. The summed E-state index contributed by atoms with van der Waals surface area (Å²) in [7, 11) is -3.86. The van der Waals surface area contributed by atoms with Crippen LogP contribution >= 0.6 is 23.2 Å². The molecule has 0 radical (unpaired) electrons. The number of carbonyl (C=O) groups is 1. The molecule has 4 rings (SSSR count). The molecule has 1 amide bonds. The van der Waals surface area contributed by atoms with Gasteiger partial charge in [0, 0.05) is 29.7 Å². The summed E-state index contributed by atoms with van der Waals surface area (Å²) in [6, 6.07) is 12.9. The number of carbonyl (C=O) groups excluding carboxylic acids is 1. The molecule has 3 aromatic rings. The van der Waals surface area contributed by atoms with Crippen molar-refractivity contribution in [2.45, 2.75) is 11.8 Å². The molecular weight excluding hydrogens is 475 g/mol. The highest BCUT2D eigenvalue weighted by Crippen LogP contribution is 2.27. The molecule has 2 heterocycles. The number of amides is 1. The SMILES string of the molecule is Cc1cc(NC(=O)c2ccc(Cl)c(S(=O)(=O)N3CCOCC3)c2)n(-c2cccc(Cl)c2)n1. The third-order valence-electron chi connectivity index (χ3n) is 4.91. The average Bonchev–Trinajstić information content (AvgIpc) is 3.14. The van der Waals surface area contributed by atoms with Crippen molar-refractivity contribution in [1.29, 1.82) is 0 Å². The molecule has 1 aliphatic rings. The highest BCUT2D eigenvalue weighted by molar-refractivity contribution is 7.89. The van der Waals surface area contributed by atoms with Gasteiger partial charge in [0.1, 0.15) is 10.7 Å². The molecule has 0 unspecified atom stereocenters. The molecule has 0 saturated carbocycles. The minimum atomic E-state index is -3.86. The highest BCUT2D eigenvalue weighted by atomic mass is 35.5. The van der Waals surface area contributed by atoms with Crippen molar-refractivity contribution in [3.63, 3.8) is 0 Å². The molecule has 0 atom stereocenters.